The first-order valence-corrected chi connectivity index (χ1v) is 7.19. The molecule has 0 spiro atoms. The van der Waals surface area contributed by atoms with Gasteiger partial charge in [-0.05, 0) is 37.0 Å². The zero-order valence-corrected chi connectivity index (χ0v) is 12.2. The molecule has 1 saturated carbocycles. The van der Waals surface area contributed by atoms with E-state index in [4.69, 9.17) is 9.47 Å². The highest BCUT2D eigenvalue weighted by Gasteiger charge is 2.20. The van der Waals surface area contributed by atoms with Crippen molar-refractivity contribution in [3.05, 3.63) is 23.8 Å². The number of hydrogen-bond acceptors (Lipinski definition) is 3. The van der Waals surface area contributed by atoms with Crippen molar-refractivity contribution in [2.24, 2.45) is 5.92 Å². The van der Waals surface area contributed by atoms with E-state index >= 15 is 0 Å². The Labute approximate surface area is 116 Å². The molecule has 1 aromatic rings. The van der Waals surface area contributed by atoms with Gasteiger partial charge in [-0.25, -0.2) is 0 Å². The maximum atomic E-state index is 5.42. The van der Waals surface area contributed by atoms with E-state index in [-0.39, 0.29) is 0 Å². The molecule has 2 rings (SSSR count). The predicted octanol–water partition coefficient (Wildman–Crippen LogP) is 3.37. The summed E-state index contributed by atoms with van der Waals surface area (Å²) in [6, 6.07) is 6.59. The second kappa shape index (κ2) is 6.80. The van der Waals surface area contributed by atoms with Crippen LogP contribution in [0.15, 0.2) is 18.2 Å². The Hall–Kier alpha value is -1.22. The molecule has 0 aromatic heterocycles. The molecule has 1 fully saturated rings. The minimum absolute atomic E-state index is 0.629. The summed E-state index contributed by atoms with van der Waals surface area (Å²) < 4.78 is 10.7. The van der Waals surface area contributed by atoms with Crippen molar-refractivity contribution in [1.82, 2.24) is 5.32 Å². The van der Waals surface area contributed by atoms with Gasteiger partial charge in [-0.15, -0.1) is 0 Å². The molecule has 19 heavy (non-hydrogen) atoms. The highest BCUT2D eigenvalue weighted by atomic mass is 16.5. The van der Waals surface area contributed by atoms with Gasteiger partial charge < -0.3 is 14.8 Å². The number of ether oxygens (including phenoxy) is 2. The van der Waals surface area contributed by atoms with Gasteiger partial charge in [0, 0.05) is 18.2 Å². The quantitative estimate of drug-likeness (QED) is 0.883. The third-order valence-corrected chi connectivity index (χ3v) is 4.15. The molecule has 3 nitrogen and oxygen atoms in total. The van der Waals surface area contributed by atoms with Gasteiger partial charge in [0.2, 0.25) is 0 Å². The van der Waals surface area contributed by atoms with Crippen molar-refractivity contribution in [2.75, 3.05) is 14.2 Å². The van der Waals surface area contributed by atoms with Crippen LogP contribution in [0.25, 0.3) is 0 Å². The van der Waals surface area contributed by atoms with Gasteiger partial charge in [-0.1, -0.05) is 19.8 Å². The summed E-state index contributed by atoms with van der Waals surface area (Å²) in [5, 5.41) is 3.68. The molecule has 0 bridgehead atoms. The molecule has 1 aliphatic carbocycles. The van der Waals surface area contributed by atoms with Gasteiger partial charge in [0.25, 0.3) is 0 Å². The zero-order valence-electron chi connectivity index (χ0n) is 12.2. The van der Waals surface area contributed by atoms with Gasteiger partial charge in [0.05, 0.1) is 14.2 Å². The molecular weight excluding hydrogens is 238 g/mol. The third kappa shape index (κ3) is 3.63. The normalized spacial score (nSPS) is 23.1. The second-order valence-electron chi connectivity index (χ2n) is 5.43. The summed E-state index contributed by atoms with van der Waals surface area (Å²) in [5.74, 6) is 2.58. The average molecular weight is 263 g/mol. The molecule has 1 aliphatic rings. The fraction of sp³-hybridized carbons (Fsp3) is 0.625. The number of benzene rings is 1. The summed E-state index contributed by atoms with van der Waals surface area (Å²) >= 11 is 0. The van der Waals surface area contributed by atoms with E-state index in [0.29, 0.717) is 6.04 Å². The minimum atomic E-state index is 0.629. The maximum absolute atomic E-state index is 5.42. The number of hydrogen-bond donors (Lipinski definition) is 1. The van der Waals surface area contributed by atoms with Gasteiger partial charge >= 0.3 is 0 Å². The van der Waals surface area contributed by atoms with Crippen molar-refractivity contribution < 1.29 is 9.47 Å². The van der Waals surface area contributed by atoms with E-state index in [0.717, 1.165) is 24.0 Å². The molecule has 0 radical (unpaired) electrons. The summed E-state index contributed by atoms with van der Waals surface area (Å²) in [4.78, 5) is 0. The first kappa shape index (κ1) is 14.2. The second-order valence-corrected chi connectivity index (χ2v) is 5.43. The van der Waals surface area contributed by atoms with Crippen LogP contribution in [0.5, 0.6) is 11.5 Å². The summed E-state index contributed by atoms with van der Waals surface area (Å²) in [6.07, 6.45) is 5.35. The number of rotatable bonds is 5. The topological polar surface area (TPSA) is 30.5 Å². The van der Waals surface area contributed by atoms with Crippen LogP contribution in [0.2, 0.25) is 0 Å². The maximum Gasteiger partial charge on any atom is 0.123 e. The van der Waals surface area contributed by atoms with Gasteiger partial charge in [-0.3, -0.25) is 0 Å². The van der Waals surface area contributed by atoms with Crippen molar-refractivity contribution in [3.8, 4) is 11.5 Å². The van der Waals surface area contributed by atoms with E-state index in [1.165, 1.54) is 31.2 Å². The first-order valence-electron chi connectivity index (χ1n) is 7.19. The van der Waals surface area contributed by atoms with Gasteiger partial charge in [-0.2, -0.15) is 0 Å². The molecule has 3 heteroatoms. The van der Waals surface area contributed by atoms with Crippen LogP contribution in [0, 0.1) is 5.92 Å². The van der Waals surface area contributed by atoms with Gasteiger partial charge in [0.1, 0.15) is 11.5 Å². The Bertz CT molecular complexity index is 406. The van der Waals surface area contributed by atoms with Crippen molar-refractivity contribution in [2.45, 2.75) is 45.2 Å². The SMILES string of the molecule is COc1ccc(OC)c(CNC2CCCCC2C)c1. The molecule has 0 saturated heterocycles. The molecule has 2 unspecified atom stereocenters. The first-order chi connectivity index (χ1) is 9.24. The van der Waals surface area contributed by atoms with Crippen molar-refractivity contribution >= 4 is 0 Å². The Kier molecular flexibility index (Phi) is 5.08. The van der Waals surface area contributed by atoms with Crippen LogP contribution in [0.4, 0.5) is 0 Å². The Morgan fingerprint density at radius 1 is 1.16 bits per heavy atom. The fourth-order valence-electron chi connectivity index (χ4n) is 2.88. The van der Waals surface area contributed by atoms with E-state index in [1.54, 1.807) is 14.2 Å². The third-order valence-electron chi connectivity index (χ3n) is 4.15. The smallest absolute Gasteiger partial charge is 0.123 e. The summed E-state index contributed by atoms with van der Waals surface area (Å²) in [6.45, 7) is 3.19. The zero-order chi connectivity index (χ0) is 13.7. The summed E-state index contributed by atoms with van der Waals surface area (Å²) in [5.41, 5.74) is 1.17. The van der Waals surface area contributed by atoms with Crippen LogP contribution < -0.4 is 14.8 Å². The van der Waals surface area contributed by atoms with Crippen molar-refractivity contribution in [1.29, 1.82) is 0 Å². The molecule has 0 heterocycles. The molecular formula is C16H25NO2. The van der Waals surface area contributed by atoms with Crippen LogP contribution in [0.1, 0.15) is 38.2 Å². The lowest BCUT2D eigenvalue weighted by molar-refractivity contribution is 0.278. The molecule has 1 aromatic carbocycles. The number of methoxy groups -OCH3 is 2. The lowest BCUT2D eigenvalue weighted by Gasteiger charge is -2.30. The van der Waals surface area contributed by atoms with Gasteiger partial charge in [0.15, 0.2) is 0 Å². The lowest BCUT2D eigenvalue weighted by Crippen LogP contribution is -2.36. The number of nitrogens with one attached hydrogen (secondary N) is 1. The molecule has 106 valence electrons. The molecule has 1 N–H and O–H groups in total. The Morgan fingerprint density at radius 3 is 2.63 bits per heavy atom. The monoisotopic (exact) mass is 263 g/mol. The van der Waals surface area contributed by atoms with Crippen LogP contribution >= 0.6 is 0 Å². The highest BCUT2D eigenvalue weighted by molar-refractivity contribution is 5.40. The standard InChI is InChI=1S/C16H25NO2/c1-12-6-4-5-7-15(12)17-11-13-10-14(18-2)8-9-16(13)19-3/h8-10,12,15,17H,4-7,11H2,1-3H3. The lowest BCUT2D eigenvalue weighted by atomic mass is 9.86. The van der Waals surface area contributed by atoms with Crippen LogP contribution in [-0.4, -0.2) is 20.3 Å². The Morgan fingerprint density at radius 2 is 1.95 bits per heavy atom. The largest absolute Gasteiger partial charge is 0.497 e. The van der Waals surface area contributed by atoms with E-state index in [1.807, 2.05) is 12.1 Å². The van der Waals surface area contributed by atoms with E-state index < -0.39 is 0 Å². The Balaban J connectivity index is 2.01. The predicted molar refractivity (Wildman–Crippen MR) is 77.8 cm³/mol. The minimum Gasteiger partial charge on any atom is -0.497 e. The average Bonchev–Trinajstić information content (AvgIpc) is 2.46. The summed E-state index contributed by atoms with van der Waals surface area (Å²) in [7, 11) is 3.41. The van der Waals surface area contributed by atoms with E-state index in [9.17, 15) is 0 Å². The van der Waals surface area contributed by atoms with E-state index in [2.05, 4.69) is 18.3 Å². The molecule has 0 amide bonds. The highest BCUT2D eigenvalue weighted by Crippen LogP contribution is 2.27. The molecule has 2 atom stereocenters. The molecule has 0 aliphatic heterocycles. The van der Waals surface area contributed by atoms with Crippen molar-refractivity contribution in [3.63, 3.8) is 0 Å². The van der Waals surface area contributed by atoms with Crippen LogP contribution in [-0.2, 0) is 6.54 Å². The fourth-order valence-corrected chi connectivity index (χ4v) is 2.88. The van der Waals surface area contributed by atoms with Crippen LogP contribution in [0.3, 0.4) is 0 Å².